The fourth-order valence-corrected chi connectivity index (χ4v) is 2.20. The van der Waals surface area contributed by atoms with Gasteiger partial charge in [-0.3, -0.25) is 4.79 Å². The molecule has 0 aliphatic rings. The molecule has 0 aliphatic carbocycles. The van der Waals surface area contributed by atoms with E-state index in [0.717, 1.165) is 30.8 Å². The van der Waals surface area contributed by atoms with Gasteiger partial charge in [-0.25, -0.2) is 0 Å². The first-order valence-electron chi connectivity index (χ1n) is 5.32. The molecule has 0 spiro atoms. The van der Waals surface area contributed by atoms with Crippen molar-refractivity contribution in [2.45, 2.75) is 44.8 Å². The Balaban J connectivity index is 3.28. The number of hydrogen-bond donors (Lipinski definition) is 3. The second-order valence-electron chi connectivity index (χ2n) is 3.58. The maximum atomic E-state index is 10.4. The van der Waals surface area contributed by atoms with Crippen molar-refractivity contribution in [2.75, 3.05) is 11.5 Å². The Labute approximate surface area is 95.2 Å². The third-order valence-electron chi connectivity index (χ3n) is 2.11. The Morgan fingerprint density at radius 1 is 1.33 bits per heavy atom. The summed E-state index contributed by atoms with van der Waals surface area (Å²) in [5, 5.41) is 17.9. The molecule has 4 nitrogen and oxygen atoms in total. The number of thioether (sulfide) groups is 1. The SMILES string of the molecule is CCCC(O)CCSCC[C@H](N)C(=O)O. The van der Waals surface area contributed by atoms with E-state index in [9.17, 15) is 9.90 Å². The predicted molar refractivity (Wildman–Crippen MR) is 63.1 cm³/mol. The largest absolute Gasteiger partial charge is 0.480 e. The lowest BCUT2D eigenvalue weighted by molar-refractivity contribution is -0.138. The summed E-state index contributed by atoms with van der Waals surface area (Å²) in [5.41, 5.74) is 5.34. The normalized spacial score (nSPS) is 14.9. The Bertz CT molecular complexity index is 178. The van der Waals surface area contributed by atoms with Crippen LogP contribution in [0.25, 0.3) is 0 Å². The number of hydrogen-bond acceptors (Lipinski definition) is 4. The van der Waals surface area contributed by atoms with E-state index in [1.165, 1.54) is 0 Å². The average Bonchev–Trinajstić information content (AvgIpc) is 2.17. The molecule has 0 aromatic rings. The fourth-order valence-electron chi connectivity index (χ4n) is 1.13. The molecule has 0 saturated carbocycles. The van der Waals surface area contributed by atoms with E-state index >= 15 is 0 Å². The van der Waals surface area contributed by atoms with Gasteiger partial charge in [0.15, 0.2) is 0 Å². The Hall–Kier alpha value is -0.260. The second kappa shape index (κ2) is 9.00. The van der Waals surface area contributed by atoms with Gasteiger partial charge in [0.05, 0.1) is 6.10 Å². The van der Waals surface area contributed by atoms with Gasteiger partial charge in [0.25, 0.3) is 0 Å². The second-order valence-corrected chi connectivity index (χ2v) is 4.80. The smallest absolute Gasteiger partial charge is 0.320 e. The number of rotatable bonds is 9. The van der Waals surface area contributed by atoms with Crippen LogP contribution in [0.1, 0.15) is 32.6 Å². The molecule has 0 aliphatic heterocycles. The highest BCUT2D eigenvalue weighted by molar-refractivity contribution is 7.99. The summed E-state index contributed by atoms with van der Waals surface area (Å²) in [6.45, 7) is 2.04. The maximum absolute atomic E-state index is 10.4. The summed E-state index contributed by atoms with van der Waals surface area (Å²) < 4.78 is 0. The molecule has 0 rings (SSSR count). The van der Waals surface area contributed by atoms with Crippen LogP contribution in [-0.2, 0) is 4.79 Å². The summed E-state index contributed by atoms with van der Waals surface area (Å²) in [4.78, 5) is 10.4. The van der Waals surface area contributed by atoms with Crippen LogP contribution in [0.3, 0.4) is 0 Å². The monoisotopic (exact) mass is 235 g/mol. The third-order valence-corrected chi connectivity index (χ3v) is 3.16. The summed E-state index contributed by atoms with van der Waals surface area (Å²) in [6.07, 6.45) is 2.89. The number of carbonyl (C=O) groups is 1. The number of carboxylic acid groups (broad SMARTS) is 1. The van der Waals surface area contributed by atoms with Crippen molar-refractivity contribution in [3.63, 3.8) is 0 Å². The molecule has 0 saturated heterocycles. The van der Waals surface area contributed by atoms with Gasteiger partial charge in [-0.15, -0.1) is 0 Å². The van der Waals surface area contributed by atoms with E-state index in [1.807, 2.05) is 6.92 Å². The fraction of sp³-hybridized carbons (Fsp3) is 0.900. The van der Waals surface area contributed by atoms with Crippen LogP contribution in [0, 0.1) is 0 Å². The standard InChI is InChI=1S/C10H21NO3S/c1-2-3-8(12)4-6-15-7-5-9(11)10(13)14/h8-9,12H,2-7,11H2,1H3,(H,13,14)/t8?,9-/m0/s1. The van der Waals surface area contributed by atoms with Crippen LogP contribution in [0.15, 0.2) is 0 Å². The van der Waals surface area contributed by atoms with Gasteiger partial charge in [0.1, 0.15) is 6.04 Å². The quantitative estimate of drug-likeness (QED) is 0.521. The molecule has 1 unspecified atom stereocenters. The van der Waals surface area contributed by atoms with Gasteiger partial charge in [-0.2, -0.15) is 11.8 Å². The van der Waals surface area contributed by atoms with Crippen LogP contribution in [0.2, 0.25) is 0 Å². The Morgan fingerprint density at radius 3 is 2.47 bits per heavy atom. The zero-order chi connectivity index (χ0) is 11.7. The van der Waals surface area contributed by atoms with Crippen LogP contribution in [-0.4, -0.2) is 39.8 Å². The number of aliphatic hydroxyl groups is 1. The lowest BCUT2D eigenvalue weighted by Crippen LogP contribution is -2.30. The molecule has 5 heteroatoms. The van der Waals surface area contributed by atoms with Crippen molar-refractivity contribution < 1.29 is 15.0 Å². The number of aliphatic hydroxyl groups excluding tert-OH is 1. The molecule has 2 atom stereocenters. The van der Waals surface area contributed by atoms with Crippen molar-refractivity contribution in [3.05, 3.63) is 0 Å². The molecule has 0 amide bonds. The number of carboxylic acids is 1. The van der Waals surface area contributed by atoms with Crippen molar-refractivity contribution in [1.82, 2.24) is 0 Å². The van der Waals surface area contributed by atoms with E-state index < -0.39 is 12.0 Å². The highest BCUT2D eigenvalue weighted by Crippen LogP contribution is 2.10. The van der Waals surface area contributed by atoms with Gasteiger partial charge < -0.3 is 15.9 Å². The number of nitrogens with two attached hydrogens (primary N) is 1. The highest BCUT2D eigenvalue weighted by Gasteiger charge is 2.10. The van der Waals surface area contributed by atoms with Gasteiger partial charge >= 0.3 is 5.97 Å². The van der Waals surface area contributed by atoms with Gasteiger partial charge in [0, 0.05) is 0 Å². The van der Waals surface area contributed by atoms with E-state index in [1.54, 1.807) is 11.8 Å². The van der Waals surface area contributed by atoms with Crippen molar-refractivity contribution >= 4 is 17.7 Å². The van der Waals surface area contributed by atoms with Crippen molar-refractivity contribution in [2.24, 2.45) is 5.73 Å². The van der Waals surface area contributed by atoms with Crippen molar-refractivity contribution in [1.29, 1.82) is 0 Å². The highest BCUT2D eigenvalue weighted by atomic mass is 32.2. The molecule has 0 heterocycles. The first-order chi connectivity index (χ1) is 7.07. The predicted octanol–water partition coefficient (Wildman–Crippen LogP) is 1.07. The van der Waals surface area contributed by atoms with Crippen LogP contribution < -0.4 is 5.73 Å². The number of aliphatic carboxylic acids is 1. The molecule has 0 aromatic heterocycles. The van der Waals surface area contributed by atoms with Crippen LogP contribution in [0.5, 0.6) is 0 Å². The average molecular weight is 235 g/mol. The first kappa shape index (κ1) is 14.7. The summed E-state index contributed by atoms with van der Waals surface area (Å²) in [6, 6.07) is -0.752. The zero-order valence-corrected chi connectivity index (χ0v) is 10.0. The lowest BCUT2D eigenvalue weighted by Gasteiger charge is -2.09. The molecular formula is C10H21NO3S. The van der Waals surface area contributed by atoms with Gasteiger partial charge in [0.2, 0.25) is 0 Å². The van der Waals surface area contributed by atoms with Gasteiger partial charge in [-0.05, 0) is 30.8 Å². The Morgan fingerprint density at radius 2 is 1.93 bits per heavy atom. The van der Waals surface area contributed by atoms with Crippen LogP contribution >= 0.6 is 11.8 Å². The third kappa shape index (κ3) is 8.72. The molecule has 4 N–H and O–H groups in total. The minimum Gasteiger partial charge on any atom is -0.480 e. The summed E-state index contributed by atoms with van der Waals surface area (Å²) >= 11 is 1.65. The van der Waals surface area contributed by atoms with E-state index in [2.05, 4.69) is 0 Å². The maximum Gasteiger partial charge on any atom is 0.320 e. The van der Waals surface area contributed by atoms with Crippen molar-refractivity contribution in [3.8, 4) is 0 Å². The van der Waals surface area contributed by atoms with E-state index in [0.29, 0.717) is 6.42 Å². The molecular weight excluding hydrogens is 214 g/mol. The van der Waals surface area contributed by atoms with E-state index in [4.69, 9.17) is 10.8 Å². The minimum atomic E-state index is -0.943. The molecule has 0 aromatic carbocycles. The molecule has 0 bridgehead atoms. The zero-order valence-electron chi connectivity index (χ0n) is 9.19. The first-order valence-corrected chi connectivity index (χ1v) is 6.47. The molecule has 0 radical (unpaired) electrons. The van der Waals surface area contributed by atoms with E-state index in [-0.39, 0.29) is 6.10 Å². The summed E-state index contributed by atoms with van der Waals surface area (Å²) in [7, 11) is 0. The molecule has 15 heavy (non-hydrogen) atoms. The molecule has 0 fully saturated rings. The minimum absolute atomic E-state index is 0.212. The Kier molecular flexibility index (Phi) is 8.85. The topological polar surface area (TPSA) is 83.5 Å². The van der Waals surface area contributed by atoms with Crippen LogP contribution in [0.4, 0.5) is 0 Å². The summed E-state index contributed by atoms with van der Waals surface area (Å²) in [5.74, 6) is 0.668. The lowest BCUT2D eigenvalue weighted by atomic mass is 10.2. The van der Waals surface area contributed by atoms with Gasteiger partial charge in [-0.1, -0.05) is 13.3 Å². The molecule has 90 valence electrons.